The Labute approximate surface area is 150 Å². The molecule has 1 aliphatic rings. The number of pyridine rings is 2. The van der Waals surface area contributed by atoms with Crippen LogP contribution in [0.4, 0.5) is 5.13 Å². The molecule has 1 N–H and O–H groups in total. The average molecular weight is 364 g/mol. The van der Waals surface area contributed by atoms with Crippen molar-refractivity contribution >= 4 is 39.2 Å². The van der Waals surface area contributed by atoms with Gasteiger partial charge in [0.05, 0.1) is 16.9 Å². The van der Waals surface area contributed by atoms with Gasteiger partial charge >= 0.3 is 0 Å². The van der Waals surface area contributed by atoms with Crippen molar-refractivity contribution in [3.63, 3.8) is 0 Å². The Bertz CT molecular complexity index is 751. The van der Waals surface area contributed by atoms with E-state index >= 15 is 0 Å². The van der Waals surface area contributed by atoms with E-state index in [0.717, 1.165) is 40.9 Å². The first-order valence-electron chi connectivity index (χ1n) is 7.62. The Kier molecular flexibility index (Phi) is 5.44. The number of hydrogen-bond donors (Lipinski definition) is 1. The largest absolute Gasteiger partial charge is 0.490 e. The zero-order valence-corrected chi connectivity index (χ0v) is 14.6. The summed E-state index contributed by atoms with van der Waals surface area (Å²) < 4.78 is 7.01. The van der Waals surface area contributed by atoms with E-state index in [1.807, 2.05) is 18.2 Å². The number of thiazole rings is 1. The second-order valence-electron chi connectivity index (χ2n) is 5.37. The third-order valence-corrected chi connectivity index (χ3v) is 4.87. The number of rotatable bonds is 4. The molecule has 0 bridgehead atoms. The Morgan fingerprint density at radius 1 is 1.29 bits per heavy atom. The van der Waals surface area contributed by atoms with Crippen LogP contribution in [-0.2, 0) is 0 Å². The fourth-order valence-corrected chi connectivity index (χ4v) is 3.69. The molecule has 6 nitrogen and oxygen atoms in total. The van der Waals surface area contributed by atoms with Gasteiger partial charge in [0, 0.05) is 32.0 Å². The van der Waals surface area contributed by atoms with Crippen molar-refractivity contribution in [1.82, 2.24) is 20.3 Å². The summed E-state index contributed by atoms with van der Waals surface area (Å²) in [6.07, 6.45) is 5.27. The normalized spacial score (nSPS) is 17.5. The molecule has 0 spiro atoms. The number of hydrogen-bond acceptors (Lipinski definition) is 7. The molecule has 0 aliphatic carbocycles. The summed E-state index contributed by atoms with van der Waals surface area (Å²) in [7, 11) is 0. The summed E-state index contributed by atoms with van der Waals surface area (Å²) in [5, 5.41) is 4.44. The molecule has 1 unspecified atom stereocenters. The van der Waals surface area contributed by atoms with Gasteiger partial charge in [-0.3, -0.25) is 4.98 Å². The minimum absolute atomic E-state index is 0. The maximum absolute atomic E-state index is 5.89. The first-order chi connectivity index (χ1) is 11.4. The molecule has 8 heteroatoms. The van der Waals surface area contributed by atoms with Gasteiger partial charge in [0.2, 0.25) is 0 Å². The lowest BCUT2D eigenvalue weighted by atomic mass is 10.2. The first kappa shape index (κ1) is 16.9. The highest BCUT2D eigenvalue weighted by atomic mass is 35.5. The lowest BCUT2D eigenvalue weighted by Gasteiger charge is -2.35. The van der Waals surface area contributed by atoms with Crippen molar-refractivity contribution in [2.45, 2.75) is 6.04 Å². The molecule has 1 saturated heterocycles. The second kappa shape index (κ2) is 7.74. The Balaban J connectivity index is 0.00000169. The lowest BCUT2D eigenvalue weighted by Crippen LogP contribution is -2.54. The highest BCUT2D eigenvalue weighted by molar-refractivity contribution is 7.22. The monoisotopic (exact) mass is 363 g/mol. The predicted octanol–water partition coefficient (Wildman–Crippen LogP) is 2.37. The second-order valence-corrected chi connectivity index (χ2v) is 6.38. The van der Waals surface area contributed by atoms with Crippen molar-refractivity contribution < 1.29 is 4.74 Å². The number of nitrogens with one attached hydrogen (secondary N) is 1. The van der Waals surface area contributed by atoms with E-state index in [1.54, 1.807) is 29.9 Å². The van der Waals surface area contributed by atoms with Crippen molar-refractivity contribution in [3.05, 3.63) is 42.9 Å². The van der Waals surface area contributed by atoms with Crippen LogP contribution in [0.25, 0.3) is 10.3 Å². The fraction of sp³-hybridized carbons (Fsp3) is 0.312. The summed E-state index contributed by atoms with van der Waals surface area (Å²) >= 11 is 1.69. The topological polar surface area (TPSA) is 63.2 Å². The molecule has 0 aromatic carbocycles. The summed E-state index contributed by atoms with van der Waals surface area (Å²) in [6.45, 7) is 3.35. The van der Waals surface area contributed by atoms with Crippen LogP contribution >= 0.6 is 23.7 Å². The summed E-state index contributed by atoms with van der Waals surface area (Å²) in [6, 6.07) is 8.06. The quantitative estimate of drug-likeness (QED) is 0.767. The van der Waals surface area contributed by atoms with E-state index in [2.05, 4.69) is 31.2 Å². The summed E-state index contributed by atoms with van der Waals surface area (Å²) in [4.78, 5) is 15.4. The van der Waals surface area contributed by atoms with E-state index in [1.165, 1.54) is 0 Å². The lowest BCUT2D eigenvalue weighted by molar-refractivity contribution is 0.266. The van der Waals surface area contributed by atoms with E-state index in [-0.39, 0.29) is 18.4 Å². The van der Waals surface area contributed by atoms with Gasteiger partial charge in [0.25, 0.3) is 0 Å². The van der Waals surface area contributed by atoms with Crippen LogP contribution < -0.4 is 15.0 Å². The molecule has 1 fully saturated rings. The molecule has 0 amide bonds. The van der Waals surface area contributed by atoms with Gasteiger partial charge in [-0.2, -0.15) is 4.98 Å². The Morgan fingerprint density at radius 2 is 2.21 bits per heavy atom. The maximum Gasteiger partial charge on any atom is 0.188 e. The van der Waals surface area contributed by atoms with E-state index in [9.17, 15) is 0 Å². The predicted molar refractivity (Wildman–Crippen MR) is 98.4 cm³/mol. The molecule has 4 rings (SSSR count). The molecule has 0 radical (unpaired) electrons. The van der Waals surface area contributed by atoms with Crippen LogP contribution in [-0.4, -0.2) is 47.2 Å². The van der Waals surface area contributed by atoms with Crippen LogP contribution in [0, 0.1) is 0 Å². The van der Waals surface area contributed by atoms with Crippen LogP contribution in [0.2, 0.25) is 0 Å². The van der Waals surface area contributed by atoms with Crippen molar-refractivity contribution in [2.75, 3.05) is 31.1 Å². The van der Waals surface area contributed by atoms with Gasteiger partial charge in [-0.1, -0.05) is 11.3 Å². The minimum atomic E-state index is 0. The highest BCUT2D eigenvalue weighted by Gasteiger charge is 2.25. The molecule has 0 saturated carbocycles. The van der Waals surface area contributed by atoms with Gasteiger partial charge in [0.1, 0.15) is 12.4 Å². The maximum atomic E-state index is 5.89. The van der Waals surface area contributed by atoms with E-state index < -0.39 is 0 Å². The van der Waals surface area contributed by atoms with Gasteiger partial charge in [0.15, 0.2) is 10.8 Å². The average Bonchev–Trinajstić information content (AvgIpc) is 3.05. The number of nitrogens with zero attached hydrogens (tertiary/aromatic N) is 4. The number of aromatic nitrogens is 3. The SMILES string of the molecule is Cl.c1cncc(OCC2CNCCN2c2nc3ncccc3s2)c1. The van der Waals surface area contributed by atoms with Crippen LogP contribution in [0.15, 0.2) is 42.9 Å². The van der Waals surface area contributed by atoms with Gasteiger partial charge in [-0.15, -0.1) is 12.4 Å². The third kappa shape index (κ3) is 3.58. The van der Waals surface area contributed by atoms with Crippen LogP contribution in [0.1, 0.15) is 0 Å². The van der Waals surface area contributed by atoms with Gasteiger partial charge in [-0.05, 0) is 24.3 Å². The van der Waals surface area contributed by atoms with Gasteiger partial charge in [-0.25, -0.2) is 4.98 Å². The third-order valence-electron chi connectivity index (χ3n) is 3.83. The zero-order valence-electron chi connectivity index (χ0n) is 13.0. The molecular formula is C16H18ClN5OS. The molecule has 126 valence electrons. The minimum Gasteiger partial charge on any atom is -0.490 e. The summed E-state index contributed by atoms with van der Waals surface area (Å²) in [5.41, 5.74) is 0.818. The molecular weight excluding hydrogens is 346 g/mol. The first-order valence-corrected chi connectivity index (χ1v) is 8.43. The van der Waals surface area contributed by atoms with E-state index in [4.69, 9.17) is 4.74 Å². The Hall–Kier alpha value is -1.96. The molecule has 1 atom stereocenters. The molecule has 24 heavy (non-hydrogen) atoms. The van der Waals surface area contributed by atoms with Crippen molar-refractivity contribution in [2.24, 2.45) is 0 Å². The standard InChI is InChI=1S/C16H17N5OS.ClH/c1-3-13(10-17-5-1)22-11-12-9-18-7-8-21(12)16-20-15-14(23-16)4-2-6-19-15;/h1-6,10,12,18H,7-9,11H2;1H. The van der Waals surface area contributed by atoms with E-state index in [0.29, 0.717) is 6.61 Å². The molecule has 4 heterocycles. The molecule has 3 aromatic rings. The van der Waals surface area contributed by atoms with Crippen LogP contribution in [0.3, 0.4) is 0 Å². The smallest absolute Gasteiger partial charge is 0.188 e. The van der Waals surface area contributed by atoms with Gasteiger partial charge < -0.3 is 15.0 Å². The number of ether oxygens (including phenoxy) is 1. The highest BCUT2D eigenvalue weighted by Crippen LogP contribution is 2.29. The number of fused-ring (bicyclic) bond motifs is 1. The zero-order chi connectivity index (χ0) is 15.5. The van der Waals surface area contributed by atoms with Crippen LogP contribution in [0.5, 0.6) is 5.75 Å². The number of piperazine rings is 1. The summed E-state index contributed by atoms with van der Waals surface area (Å²) in [5.74, 6) is 0.795. The number of anilines is 1. The van der Waals surface area contributed by atoms with Crippen molar-refractivity contribution in [1.29, 1.82) is 0 Å². The fourth-order valence-electron chi connectivity index (χ4n) is 2.67. The molecule has 1 aliphatic heterocycles. The Morgan fingerprint density at radius 3 is 3.04 bits per heavy atom. The number of halogens is 1. The van der Waals surface area contributed by atoms with Crippen molar-refractivity contribution in [3.8, 4) is 5.75 Å². The molecule has 3 aromatic heterocycles.